The maximum absolute atomic E-state index is 13.6. The van der Waals surface area contributed by atoms with Gasteiger partial charge in [-0.15, -0.1) is 11.8 Å². The average molecular weight is 440 g/mol. The molecule has 0 unspecified atom stereocenters. The zero-order valence-corrected chi connectivity index (χ0v) is 17.0. The van der Waals surface area contributed by atoms with Crippen LogP contribution in [0.3, 0.4) is 0 Å². The number of anilines is 2. The van der Waals surface area contributed by atoms with Crippen molar-refractivity contribution in [3.63, 3.8) is 0 Å². The molecule has 2 amide bonds. The van der Waals surface area contributed by atoms with E-state index in [0.717, 1.165) is 17.0 Å². The number of benzene rings is 2. The molecular formula is C19H18F2N2O4S2. The van der Waals surface area contributed by atoms with Gasteiger partial charge >= 0.3 is 0 Å². The van der Waals surface area contributed by atoms with Crippen molar-refractivity contribution in [2.75, 3.05) is 16.4 Å². The summed E-state index contributed by atoms with van der Waals surface area (Å²) in [5, 5.41) is 4.71. The Balaban J connectivity index is 1.67. The summed E-state index contributed by atoms with van der Waals surface area (Å²) in [4.78, 5) is 24.7. The van der Waals surface area contributed by atoms with Gasteiger partial charge in [0.2, 0.25) is 11.8 Å². The van der Waals surface area contributed by atoms with Crippen LogP contribution in [0.25, 0.3) is 0 Å². The first-order chi connectivity index (χ1) is 13.7. The molecule has 1 aliphatic heterocycles. The molecular weight excluding hydrogens is 422 g/mol. The number of halogens is 2. The molecule has 0 aromatic heterocycles. The van der Waals surface area contributed by atoms with Crippen LogP contribution in [0.5, 0.6) is 0 Å². The van der Waals surface area contributed by atoms with Crippen molar-refractivity contribution in [3.8, 4) is 0 Å². The van der Waals surface area contributed by atoms with Crippen molar-refractivity contribution in [2.45, 2.75) is 34.8 Å². The lowest BCUT2D eigenvalue weighted by Gasteiger charge is -2.23. The van der Waals surface area contributed by atoms with Gasteiger partial charge in [0.15, 0.2) is 9.84 Å². The molecule has 0 aliphatic carbocycles. The minimum atomic E-state index is -3.81. The standard InChI is InChI=1S/C19H18F2N2O4S2/c1-2-16-19(25)23-15-10-12(4-6-17(15)28-16)29(26,27)8-7-18(24)22-14-5-3-11(20)9-13(14)21/h3-6,9-10,16H,2,7-8H2,1H3,(H,22,24)(H,23,25)/t16-/m1/s1. The number of sulfone groups is 1. The minimum absolute atomic E-state index is 0.0205. The summed E-state index contributed by atoms with van der Waals surface area (Å²) < 4.78 is 51.6. The van der Waals surface area contributed by atoms with E-state index in [-0.39, 0.29) is 21.7 Å². The van der Waals surface area contributed by atoms with E-state index in [1.807, 2.05) is 6.92 Å². The Morgan fingerprint density at radius 1 is 1.21 bits per heavy atom. The van der Waals surface area contributed by atoms with Crippen LogP contribution in [0.4, 0.5) is 20.2 Å². The van der Waals surface area contributed by atoms with Crippen LogP contribution in [-0.2, 0) is 19.4 Å². The van der Waals surface area contributed by atoms with E-state index in [9.17, 15) is 26.8 Å². The molecule has 1 heterocycles. The normalized spacial score (nSPS) is 16.1. The summed E-state index contributed by atoms with van der Waals surface area (Å²) in [6, 6.07) is 7.10. The molecule has 0 fully saturated rings. The highest BCUT2D eigenvalue weighted by atomic mass is 32.2. The Bertz CT molecular complexity index is 1070. The molecule has 0 radical (unpaired) electrons. The molecule has 2 aromatic carbocycles. The fourth-order valence-electron chi connectivity index (χ4n) is 2.74. The molecule has 154 valence electrons. The van der Waals surface area contributed by atoms with Crippen LogP contribution in [0.15, 0.2) is 46.2 Å². The van der Waals surface area contributed by atoms with E-state index in [4.69, 9.17) is 0 Å². The van der Waals surface area contributed by atoms with Gasteiger partial charge in [-0.2, -0.15) is 0 Å². The van der Waals surface area contributed by atoms with Crippen LogP contribution in [0.1, 0.15) is 19.8 Å². The van der Waals surface area contributed by atoms with E-state index in [2.05, 4.69) is 10.6 Å². The number of fused-ring (bicyclic) bond motifs is 1. The zero-order valence-electron chi connectivity index (χ0n) is 15.4. The Morgan fingerprint density at radius 2 is 1.97 bits per heavy atom. The lowest BCUT2D eigenvalue weighted by atomic mass is 10.2. The molecule has 2 N–H and O–H groups in total. The lowest BCUT2D eigenvalue weighted by molar-refractivity contribution is -0.116. The molecule has 0 bridgehead atoms. The first kappa shape index (κ1) is 21.3. The summed E-state index contributed by atoms with van der Waals surface area (Å²) in [6.07, 6.45) is 0.245. The summed E-state index contributed by atoms with van der Waals surface area (Å²) in [5.41, 5.74) is 0.191. The van der Waals surface area contributed by atoms with Crippen molar-refractivity contribution in [3.05, 3.63) is 48.0 Å². The molecule has 1 atom stereocenters. The van der Waals surface area contributed by atoms with E-state index in [1.54, 1.807) is 6.07 Å². The number of hydrogen-bond acceptors (Lipinski definition) is 5. The van der Waals surface area contributed by atoms with E-state index >= 15 is 0 Å². The lowest BCUT2D eigenvalue weighted by Crippen LogP contribution is -2.28. The van der Waals surface area contributed by atoms with Gasteiger partial charge in [-0.05, 0) is 36.8 Å². The van der Waals surface area contributed by atoms with E-state index < -0.39 is 39.6 Å². The van der Waals surface area contributed by atoms with Crippen molar-refractivity contribution < 1.29 is 26.8 Å². The molecule has 0 saturated carbocycles. The van der Waals surface area contributed by atoms with E-state index in [0.29, 0.717) is 18.2 Å². The van der Waals surface area contributed by atoms with Crippen LogP contribution < -0.4 is 10.6 Å². The van der Waals surface area contributed by atoms with Gasteiger partial charge in [0.25, 0.3) is 0 Å². The summed E-state index contributed by atoms with van der Waals surface area (Å²) in [5.74, 6) is -3.13. The van der Waals surface area contributed by atoms with Gasteiger partial charge in [0, 0.05) is 17.4 Å². The third-order valence-corrected chi connectivity index (χ3v) is 7.46. The molecule has 0 saturated heterocycles. The average Bonchev–Trinajstić information content (AvgIpc) is 2.67. The number of carbonyl (C=O) groups is 2. The number of rotatable bonds is 6. The van der Waals surface area contributed by atoms with Crippen LogP contribution in [0.2, 0.25) is 0 Å². The fraction of sp³-hybridized carbons (Fsp3) is 0.263. The Morgan fingerprint density at radius 3 is 2.66 bits per heavy atom. The maximum Gasteiger partial charge on any atom is 0.237 e. The maximum atomic E-state index is 13.6. The van der Waals surface area contributed by atoms with Crippen molar-refractivity contribution in [1.82, 2.24) is 0 Å². The Hall–Kier alpha value is -2.46. The van der Waals surface area contributed by atoms with Crippen LogP contribution in [-0.4, -0.2) is 31.2 Å². The summed E-state index contributed by atoms with van der Waals surface area (Å²) in [7, 11) is -3.81. The predicted molar refractivity (Wildman–Crippen MR) is 107 cm³/mol. The third-order valence-electron chi connectivity index (χ3n) is 4.30. The van der Waals surface area contributed by atoms with Crippen molar-refractivity contribution >= 4 is 44.8 Å². The monoisotopic (exact) mass is 440 g/mol. The second-order valence-corrected chi connectivity index (χ2v) is 9.76. The molecule has 10 heteroatoms. The summed E-state index contributed by atoms with van der Waals surface area (Å²) in [6.45, 7) is 1.89. The van der Waals surface area contributed by atoms with Crippen LogP contribution >= 0.6 is 11.8 Å². The Labute approximate surface area is 171 Å². The first-order valence-electron chi connectivity index (χ1n) is 8.79. The Kier molecular flexibility index (Phi) is 6.23. The molecule has 3 rings (SSSR count). The van der Waals surface area contributed by atoms with Crippen LogP contribution in [0, 0.1) is 11.6 Å². The highest BCUT2D eigenvalue weighted by molar-refractivity contribution is 8.01. The van der Waals surface area contributed by atoms with Gasteiger partial charge in [0.05, 0.1) is 27.3 Å². The van der Waals surface area contributed by atoms with Gasteiger partial charge in [-0.25, -0.2) is 17.2 Å². The number of carbonyl (C=O) groups excluding carboxylic acids is 2. The molecule has 29 heavy (non-hydrogen) atoms. The molecule has 1 aliphatic rings. The highest BCUT2D eigenvalue weighted by Gasteiger charge is 2.27. The second-order valence-electron chi connectivity index (χ2n) is 6.40. The topological polar surface area (TPSA) is 92.3 Å². The van der Waals surface area contributed by atoms with Crippen molar-refractivity contribution in [1.29, 1.82) is 0 Å². The number of amides is 2. The molecule has 6 nitrogen and oxygen atoms in total. The van der Waals surface area contributed by atoms with E-state index in [1.165, 1.54) is 23.9 Å². The zero-order chi connectivity index (χ0) is 21.2. The molecule has 0 spiro atoms. The predicted octanol–water partition coefficient (Wildman–Crippen LogP) is 3.59. The third kappa shape index (κ3) is 4.94. The molecule has 2 aromatic rings. The van der Waals surface area contributed by atoms with Gasteiger partial charge in [-0.3, -0.25) is 9.59 Å². The van der Waals surface area contributed by atoms with Gasteiger partial charge < -0.3 is 10.6 Å². The quantitative estimate of drug-likeness (QED) is 0.716. The number of hydrogen-bond donors (Lipinski definition) is 2. The largest absolute Gasteiger partial charge is 0.324 e. The summed E-state index contributed by atoms with van der Waals surface area (Å²) >= 11 is 1.37. The smallest absolute Gasteiger partial charge is 0.237 e. The fourth-order valence-corrected chi connectivity index (χ4v) is 5.03. The van der Waals surface area contributed by atoms with Crippen molar-refractivity contribution in [2.24, 2.45) is 0 Å². The number of nitrogens with one attached hydrogen (secondary N) is 2. The highest BCUT2D eigenvalue weighted by Crippen LogP contribution is 2.38. The van der Waals surface area contributed by atoms with Gasteiger partial charge in [0.1, 0.15) is 11.6 Å². The van der Waals surface area contributed by atoms with Gasteiger partial charge in [-0.1, -0.05) is 6.92 Å². The number of thioether (sulfide) groups is 1. The minimum Gasteiger partial charge on any atom is -0.324 e. The first-order valence-corrected chi connectivity index (χ1v) is 11.3. The second kappa shape index (κ2) is 8.50. The SMILES string of the molecule is CC[C@H]1Sc2ccc(S(=O)(=O)CCC(=O)Nc3ccc(F)cc3F)cc2NC1=O.